The van der Waals surface area contributed by atoms with Crippen molar-refractivity contribution in [3.8, 4) is 0 Å². The van der Waals surface area contributed by atoms with Crippen LogP contribution in [0.25, 0.3) is 0 Å². The number of hydrogen-bond donors (Lipinski definition) is 2. The van der Waals surface area contributed by atoms with E-state index in [1.54, 1.807) is 0 Å². The first kappa shape index (κ1) is 18.0. The fourth-order valence-corrected chi connectivity index (χ4v) is 1.86. The van der Waals surface area contributed by atoms with Crippen LogP contribution in [0.4, 0.5) is 5.69 Å². The lowest BCUT2D eigenvalue weighted by Crippen LogP contribution is -2.26. The topological polar surface area (TPSA) is 50.7 Å². The lowest BCUT2D eigenvalue weighted by molar-refractivity contribution is -0.00734. The number of aliphatic hydroxyl groups is 1. The fraction of sp³-hybridized carbons (Fsp3) is 0.647. The lowest BCUT2D eigenvalue weighted by Gasteiger charge is -2.15. The van der Waals surface area contributed by atoms with Gasteiger partial charge in [0.2, 0.25) is 0 Å². The maximum absolute atomic E-state index is 9.87. The number of benzene rings is 1. The van der Waals surface area contributed by atoms with Crippen molar-refractivity contribution in [1.82, 2.24) is 0 Å². The van der Waals surface area contributed by atoms with Crippen LogP contribution in [0.1, 0.15) is 39.2 Å². The maximum atomic E-state index is 9.87. The first-order valence-electron chi connectivity index (χ1n) is 7.70. The monoisotopic (exact) mass is 295 g/mol. The highest BCUT2D eigenvalue weighted by Crippen LogP contribution is 2.18. The number of rotatable bonds is 10. The van der Waals surface area contributed by atoms with Crippen LogP contribution in [0.2, 0.25) is 0 Å². The molecule has 120 valence electrons. The maximum Gasteiger partial charge on any atom is 0.0945 e. The zero-order valence-corrected chi connectivity index (χ0v) is 13.6. The van der Waals surface area contributed by atoms with Crippen LogP contribution in [0.15, 0.2) is 24.3 Å². The first-order chi connectivity index (χ1) is 9.99. The molecule has 1 rings (SSSR count). The Bertz CT molecular complexity index is 393. The Morgan fingerprint density at radius 2 is 1.90 bits per heavy atom. The molecule has 0 spiro atoms. The zero-order chi connectivity index (χ0) is 15.7. The Morgan fingerprint density at radius 3 is 2.57 bits per heavy atom. The van der Waals surface area contributed by atoms with Crippen LogP contribution in [-0.2, 0) is 9.47 Å². The molecule has 0 saturated carbocycles. The van der Waals surface area contributed by atoms with E-state index in [4.69, 9.17) is 9.47 Å². The summed E-state index contributed by atoms with van der Waals surface area (Å²) in [5, 5.41) is 13.1. The van der Waals surface area contributed by atoms with Crippen molar-refractivity contribution in [3.63, 3.8) is 0 Å². The molecule has 1 aromatic carbocycles. The Labute approximate surface area is 128 Å². The van der Waals surface area contributed by atoms with Crippen LogP contribution >= 0.6 is 0 Å². The molecule has 1 unspecified atom stereocenters. The van der Waals surface area contributed by atoms with Crippen molar-refractivity contribution >= 4 is 5.69 Å². The number of ether oxygens (including phenoxy) is 2. The predicted octanol–water partition coefficient (Wildman–Crippen LogP) is 3.02. The molecule has 4 nitrogen and oxygen atoms in total. The minimum Gasteiger partial charge on any atom is -0.389 e. The summed E-state index contributed by atoms with van der Waals surface area (Å²) in [6, 6.07) is 8.28. The average Bonchev–Trinajstić information content (AvgIpc) is 2.44. The summed E-state index contributed by atoms with van der Waals surface area (Å²) in [5.41, 5.74) is 2.32. The van der Waals surface area contributed by atoms with Gasteiger partial charge in [-0.3, -0.25) is 0 Å². The van der Waals surface area contributed by atoms with Crippen LogP contribution in [-0.4, -0.2) is 43.7 Å². The number of hydrogen-bond acceptors (Lipinski definition) is 4. The summed E-state index contributed by atoms with van der Waals surface area (Å²) in [4.78, 5) is 0. The van der Waals surface area contributed by atoms with Gasteiger partial charge in [-0.15, -0.1) is 0 Å². The molecule has 0 aliphatic carbocycles. The normalized spacial score (nSPS) is 12.9. The van der Waals surface area contributed by atoms with Gasteiger partial charge >= 0.3 is 0 Å². The number of nitrogens with one attached hydrogen (secondary N) is 1. The molecule has 2 N–H and O–H groups in total. The third-order valence-corrected chi connectivity index (χ3v) is 3.08. The molecule has 0 heterocycles. The van der Waals surface area contributed by atoms with Crippen molar-refractivity contribution in [2.75, 3.05) is 31.7 Å². The molecule has 0 aliphatic heterocycles. The van der Waals surface area contributed by atoms with E-state index in [1.807, 2.05) is 26.0 Å². The standard InChI is InChI=1S/C17H29NO3/c1-13(2)15-6-5-7-16(10-15)18-11-17(19)12-20-8-9-21-14(3)4/h5-7,10,13-14,17-19H,8-9,11-12H2,1-4H3. The molecule has 0 aliphatic rings. The summed E-state index contributed by atoms with van der Waals surface area (Å²) < 4.78 is 10.7. The van der Waals surface area contributed by atoms with Gasteiger partial charge in [-0.05, 0) is 37.5 Å². The quantitative estimate of drug-likeness (QED) is 0.652. The van der Waals surface area contributed by atoms with Crippen LogP contribution < -0.4 is 5.32 Å². The van der Waals surface area contributed by atoms with E-state index in [0.717, 1.165) is 5.69 Å². The molecule has 21 heavy (non-hydrogen) atoms. The highest BCUT2D eigenvalue weighted by Gasteiger charge is 2.05. The van der Waals surface area contributed by atoms with Gasteiger partial charge in [0, 0.05) is 12.2 Å². The molecule has 0 saturated heterocycles. The van der Waals surface area contributed by atoms with E-state index in [9.17, 15) is 5.11 Å². The summed E-state index contributed by atoms with van der Waals surface area (Å²) >= 11 is 0. The number of aliphatic hydroxyl groups excluding tert-OH is 1. The molecule has 1 atom stereocenters. The third-order valence-electron chi connectivity index (χ3n) is 3.08. The Kier molecular flexibility index (Phi) is 8.35. The van der Waals surface area contributed by atoms with Gasteiger partial charge in [0.15, 0.2) is 0 Å². The van der Waals surface area contributed by atoms with E-state index in [2.05, 4.69) is 31.3 Å². The van der Waals surface area contributed by atoms with Gasteiger partial charge in [-0.2, -0.15) is 0 Å². The van der Waals surface area contributed by atoms with Crippen molar-refractivity contribution in [2.45, 2.75) is 45.8 Å². The van der Waals surface area contributed by atoms with Crippen LogP contribution in [0, 0.1) is 0 Å². The SMILES string of the molecule is CC(C)OCCOCC(O)CNc1cccc(C(C)C)c1. The van der Waals surface area contributed by atoms with Crippen molar-refractivity contribution in [1.29, 1.82) is 0 Å². The van der Waals surface area contributed by atoms with E-state index in [1.165, 1.54) is 5.56 Å². The Balaban J connectivity index is 2.20. The smallest absolute Gasteiger partial charge is 0.0945 e. The van der Waals surface area contributed by atoms with Gasteiger partial charge in [0.25, 0.3) is 0 Å². The highest BCUT2D eigenvalue weighted by atomic mass is 16.5. The van der Waals surface area contributed by atoms with Crippen molar-refractivity contribution in [3.05, 3.63) is 29.8 Å². The van der Waals surface area contributed by atoms with Gasteiger partial charge < -0.3 is 19.9 Å². The second-order valence-electron chi connectivity index (χ2n) is 5.81. The lowest BCUT2D eigenvalue weighted by atomic mass is 10.0. The van der Waals surface area contributed by atoms with Crippen LogP contribution in [0.5, 0.6) is 0 Å². The van der Waals surface area contributed by atoms with Gasteiger partial charge in [-0.1, -0.05) is 26.0 Å². The Morgan fingerprint density at radius 1 is 1.14 bits per heavy atom. The van der Waals surface area contributed by atoms with E-state index >= 15 is 0 Å². The van der Waals surface area contributed by atoms with E-state index < -0.39 is 6.10 Å². The third kappa shape index (κ3) is 8.05. The Hall–Kier alpha value is -1.10. The average molecular weight is 295 g/mol. The zero-order valence-electron chi connectivity index (χ0n) is 13.6. The summed E-state index contributed by atoms with van der Waals surface area (Å²) in [6.07, 6.45) is -0.305. The van der Waals surface area contributed by atoms with Crippen molar-refractivity contribution < 1.29 is 14.6 Å². The molecule has 0 fully saturated rings. The molecule has 1 aromatic rings. The highest BCUT2D eigenvalue weighted by molar-refractivity contribution is 5.46. The minimum absolute atomic E-state index is 0.216. The van der Waals surface area contributed by atoms with Crippen molar-refractivity contribution in [2.24, 2.45) is 0 Å². The van der Waals surface area contributed by atoms with E-state index in [-0.39, 0.29) is 6.10 Å². The fourth-order valence-electron chi connectivity index (χ4n) is 1.86. The predicted molar refractivity (Wildman–Crippen MR) is 86.9 cm³/mol. The number of anilines is 1. The molecular weight excluding hydrogens is 266 g/mol. The molecular formula is C17H29NO3. The summed E-state index contributed by atoms with van der Waals surface area (Å²) in [6.45, 7) is 10.2. The molecule has 0 amide bonds. The summed E-state index contributed by atoms with van der Waals surface area (Å²) in [5.74, 6) is 0.501. The van der Waals surface area contributed by atoms with Gasteiger partial charge in [0.05, 0.1) is 32.0 Å². The summed E-state index contributed by atoms with van der Waals surface area (Å²) in [7, 11) is 0. The molecule has 0 radical (unpaired) electrons. The minimum atomic E-state index is -0.522. The van der Waals surface area contributed by atoms with Crippen LogP contribution in [0.3, 0.4) is 0 Å². The second kappa shape index (κ2) is 9.77. The van der Waals surface area contributed by atoms with E-state index in [0.29, 0.717) is 32.3 Å². The second-order valence-corrected chi connectivity index (χ2v) is 5.81. The molecule has 4 heteroatoms. The van der Waals surface area contributed by atoms with Gasteiger partial charge in [0.1, 0.15) is 0 Å². The first-order valence-corrected chi connectivity index (χ1v) is 7.70. The molecule has 0 bridgehead atoms. The largest absolute Gasteiger partial charge is 0.389 e. The van der Waals surface area contributed by atoms with Gasteiger partial charge in [-0.25, -0.2) is 0 Å². The molecule has 0 aromatic heterocycles.